The van der Waals surface area contributed by atoms with E-state index in [1.54, 1.807) is 42.4 Å². The van der Waals surface area contributed by atoms with Crippen LogP contribution < -0.4 is 20.1 Å². The Morgan fingerprint density at radius 2 is 1.79 bits per heavy atom. The number of nitrogens with zero attached hydrogens (tertiary/aromatic N) is 2. The maximum atomic E-state index is 12.3. The van der Waals surface area contributed by atoms with Gasteiger partial charge in [-0.1, -0.05) is 12.1 Å². The van der Waals surface area contributed by atoms with Gasteiger partial charge in [0.2, 0.25) is 5.91 Å². The Morgan fingerprint density at radius 3 is 2.48 bits per heavy atom. The molecule has 1 aromatic heterocycles. The molecule has 0 aliphatic heterocycles. The quantitative estimate of drug-likeness (QED) is 0.573. The molecule has 0 unspecified atom stereocenters. The average Bonchev–Trinajstić information content (AvgIpc) is 3.22. The monoisotopic (exact) mass is 394 g/mol. The summed E-state index contributed by atoms with van der Waals surface area (Å²) in [4.78, 5) is 27.5. The lowest BCUT2D eigenvalue weighted by Gasteiger charge is -2.10. The SMILES string of the molecule is COc1ccccc1OCCNC(=O)c1cn(-c2ccc(NC(C)=O)cc2)cn1. The molecular formula is C21H22N4O4. The van der Waals surface area contributed by atoms with Crippen LogP contribution in [0.15, 0.2) is 61.1 Å². The van der Waals surface area contributed by atoms with Crippen LogP contribution in [0, 0.1) is 0 Å². The minimum absolute atomic E-state index is 0.131. The first-order chi connectivity index (χ1) is 14.1. The molecule has 0 radical (unpaired) electrons. The highest BCUT2D eigenvalue weighted by Gasteiger charge is 2.10. The van der Waals surface area contributed by atoms with Crippen LogP contribution >= 0.6 is 0 Å². The van der Waals surface area contributed by atoms with Gasteiger partial charge in [0.05, 0.1) is 13.7 Å². The molecule has 1 heterocycles. The van der Waals surface area contributed by atoms with E-state index in [4.69, 9.17) is 9.47 Å². The third-order valence-electron chi connectivity index (χ3n) is 4.02. The summed E-state index contributed by atoms with van der Waals surface area (Å²) >= 11 is 0. The van der Waals surface area contributed by atoms with Gasteiger partial charge < -0.3 is 24.7 Å². The third kappa shape index (κ3) is 5.35. The molecule has 2 aromatic carbocycles. The van der Waals surface area contributed by atoms with Crippen LogP contribution in [-0.4, -0.2) is 41.6 Å². The molecule has 8 nitrogen and oxygen atoms in total. The summed E-state index contributed by atoms with van der Waals surface area (Å²) in [5.41, 5.74) is 1.83. The Morgan fingerprint density at radius 1 is 1.07 bits per heavy atom. The summed E-state index contributed by atoms with van der Waals surface area (Å²) in [5, 5.41) is 5.48. The number of anilines is 1. The van der Waals surface area contributed by atoms with Gasteiger partial charge in [0.1, 0.15) is 18.6 Å². The number of ether oxygens (including phenoxy) is 2. The van der Waals surface area contributed by atoms with Crippen LogP contribution in [0.2, 0.25) is 0 Å². The summed E-state index contributed by atoms with van der Waals surface area (Å²) in [6, 6.07) is 14.6. The molecule has 150 valence electrons. The Balaban J connectivity index is 1.52. The zero-order chi connectivity index (χ0) is 20.6. The predicted molar refractivity (Wildman–Crippen MR) is 109 cm³/mol. The normalized spacial score (nSPS) is 10.3. The molecule has 0 aliphatic rings. The van der Waals surface area contributed by atoms with Gasteiger partial charge in [0.25, 0.3) is 5.91 Å². The summed E-state index contributed by atoms with van der Waals surface area (Å²) in [6.07, 6.45) is 3.21. The number of rotatable bonds is 8. The zero-order valence-corrected chi connectivity index (χ0v) is 16.2. The molecule has 0 bridgehead atoms. The standard InChI is InChI=1S/C21H22N4O4/c1-15(26)24-16-7-9-17(10-8-16)25-13-18(23-14-25)21(27)22-11-12-29-20-6-4-3-5-19(20)28-2/h3-10,13-14H,11-12H2,1-2H3,(H,22,27)(H,24,26). The lowest BCUT2D eigenvalue weighted by atomic mass is 10.2. The van der Waals surface area contributed by atoms with E-state index in [0.717, 1.165) is 5.69 Å². The summed E-state index contributed by atoms with van der Waals surface area (Å²) in [6.45, 7) is 2.09. The van der Waals surface area contributed by atoms with Gasteiger partial charge in [0, 0.05) is 24.5 Å². The summed E-state index contributed by atoms with van der Waals surface area (Å²) in [7, 11) is 1.58. The molecule has 29 heavy (non-hydrogen) atoms. The van der Waals surface area contributed by atoms with E-state index in [-0.39, 0.29) is 11.8 Å². The number of para-hydroxylation sites is 2. The van der Waals surface area contributed by atoms with Crippen molar-refractivity contribution < 1.29 is 19.1 Å². The molecule has 3 aromatic rings. The van der Waals surface area contributed by atoms with E-state index >= 15 is 0 Å². The van der Waals surface area contributed by atoms with E-state index in [2.05, 4.69) is 15.6 Å². The van der Waals surface area contributed by atoms with E-state index in [9.17, 15) is 9.59 Å². The van der Waals surface area contributed by atoms with Gasteiger partial charge >= 0.3 is 0 Å². The maximum Gasteiger partial charge on any atom is 0.271 e. The van der Waals surface area contributed by atoms with Crippen molar-refractivity contribution >= 4 is 17.5 Å². The van der Waals surface area contributed by atoms with Gasteiger partial charge in [-0.05, 0) is 36.4 Å². The van der Waals surface area contributed by atoms with Gasteiger partial charge in [-0.3, -0.25) is 9.59 Å². The zero-order valence-electron chi connectivity index (χ0n) is 16.2. The first kappa shape index (κ1) is 19.9. The topological polar surface area (TPSA) is 94.5 Å². The second kappa shape index (κ2) is 9.41. The van der Waals surface area contributed by atoms with Gasteiger partial charge in [-0.15, -0.1) is 0 Å². The highest BCUT2D eigenvalue weighted by molar-refractivity contribution is 5.92. The summed E-state index contributed by atoms with van der Waals surface area (Å²) in [5.74, 6) is 0.842. The van der Waals surface area contributed by atoms with Gasteiger partial charge in [-0.25, -0.2) is 4.98 Å². The number of carbonyl (C=O) groups is 2. The molecule has 2 amide bonds. The van der Waals surface area contributed by atoms with Crippen molar-refractivity contribution in [3.63, 3.8) is 0 Å². The Kier molecular flexibility index (Phi) is 6.47. The molecule has 0 fully saturated rings. The fraction of sp³-hybridized carbons (Fsp3) is 0.190. The van der Waals surface area contributed by atoms with Crippen molar-refractivity contribution in [1.29, 1.82) is 0 Å². The van der Waals surface area contributed by atoms with Gasteiger partial charge in [-0.2, -0.15) is 0 Å². The second-order valence-corrected chi connectivity index (χ2v) is 6.15. The van der Waals surface area contributed by atoms with Gasteiger partial charge in [0.15, 0.2) is 11.5 Å². The third-order valence-corrected chi connectivity index (χ3v) is 4.02. The lowest BCUT2D eigenvalue weighted by Crippen LogP contribution is -2.28. The van der Waals surface area contributed by atoms with Crippen LogP contribution in [0.25, 0.3) is 5.69 Å². The highest BCUT2D eigenvalue weighted by Crippen LogP contribution is 2.25. The number of carbonyl (C=O) groups excluding carboxylic acids is 2. The van der Waals surface area contributed by atoms with E-state index in [0.29, 0.717) is 36.0 Å². The van der Waals surface area contributed by atoms with Crippen LogP contribution in [0.5, 0.6) is 11.5 Å². The number of nitrogens with one attached hydrogen (secondary N) is 2. The van der Waals surface area contributed by atoms with Crippen molar-refractivity contribution in [2.24, 2.45) is 0 Å². The largest absolute Gasteiger partial charge is 0.493 e. The molecule has 0 spiro atoms. The number of hydrogen-bond acceptors (Lipinski definition) is 5. The number of benzene rings is 2. The van der Waals surface area contributed by atoms with Crippen LogP contribution in [0.4, 0.5) is 5.69 Å². The minimum Gasteiger partial charge on any atom is -0.493 e. The maximum absolute atomic E-state index is 12.3. The number of aromatic nitrogens is 2. The lowest BCUT2D eigenvalue weighted by molar-refractivity contribution is -0.114. The molecule has 8 heteroatoms. The van der Waals surface area contributed by atoms with Crippen molar-refractivity contribution in [2.75, 3.05) is 25.6 Å². The first-order valence-electron chi connectivity index (χ1n) is 9.03. The van der Waals surface area contributed by atoms with E-state index < -0.39 is 0 Å². The van der Waals surface area contributed by atoms with Crippen LogP contribution in [0.1, 0.15) is 17.4 Å². The fourth-order valence-electron chi connectivity index (χ4n) is 2.66. The second-order valence-electron chi connectivity index (χ2n) is 6.15. The molecule has 0 saturated heterocycles. The Hall–Kier alpha value is -3.81. The van der Waals surface area contributed by atoms with Crippen molar-refractivity contribution in [2.45, 2.75) is 6.92 Å². The Bertz CT molecular complexity index is 982. The first-order valence-corrected chi connectivity index (χ1v) is 9.03. The van der Waals surface area contributed by atoms with E-state index in [1.165, 1.54) is 6.92 Å². The molecule has 3 rings (SSSR count). The minimum atomic E-state index is -0.290. The Labute approximate surface area is 168 Å². The van der Waals surface area contributed by atoms with Crippen LogP contribution in [-0.2, 0) is 4.79 Å². The molecule has 0 aliphatic carbocycles. The fourth-order valence-corrected chi connectivity index (χ4v) is 2.66. The molecular weight excluding hydrogens is 372 g/mol. The molecule has 0 saturated carbocycles. The van der Waals surface area contributed by atoms with Crippen molar-refractivity contribution in [3.8, 4) is 17.2 Å². The van der Waals surface area contributed by atoms with Crippen LogP contribution in [0.3, 0.4) is 0 Å². The summed E-state index contributed by atoms with van der Waals surface area (Å²) < 4.78 is 12.6. The smallest absolute Gasteiger partial charge is 0.271 e. The number of methoxy groups -OCH3 is 1. The number of imidazole rings is 1. The molecule has 0 atom stereocenters. The predicted octanol–water partition coefficient (Wildman–Crippen LogP) is 2.65. The highest BCUT2D eigenvalue weighted by atomic mass is 16.5. The number of amides is 2. The van der Waals surface area contributed by atoms with Crippen molar-refractivity contribution in [3.05, 3.63) is 66.7 Å². The van der Waals surface area contributed by atoms with E-state index in [1.807, 2.05) is 30.3 Å². The number of hydrogen-bond donors (Lipinski definition) is 2. The average molecular weight is 394 g/mol. The van der Waals surface area contributed by atoms with Crippen molar-refractivity contribution in [1.82, 2.24) is 14.9 Å². The molecule has 2 N–H and O–H groups in total.